The van der Waals surface area contributed by atoms with Crippen LogP contribution in [0.1, 0.15) is 20.8 Å². The van der Waals surface area contributed by atoms with Gasteiger partial charge in [-0.05, 0) is 19.6 Å². The van der Waals surface area contributed by atoms with E-state index in [1.807, 2.05) is 20.8 Å². The molecule has 0 bridgehead atoms. The monoisotopic (exact) mass is 161 g/mol. The Morgan fingerprint density at radius 2 is 2.20 bits per heavy atom. The summed E-state index contributed by atoms with van der Waals surface area (Å²) < 4.78 is 0. The van der Waals surface area contributed by atoms with E-state index >= 15 is 0 Å². The maximum atomic E-state index is 10.9. The second-order valence-corrected chi connectivity index (χ2v) is 3.63. The Kier molecular flexibility index (Phi) is 5.49. The molecule has 0 radical (unpaired) electrons. The third kappa shape index (κ3) is 5.95. The lowest BCUT2D eigenvalue weighted by Crippen LogP contribution is -2.31. The third-order valence-corrected chi connectivity index (χ3v) is 1.76. The minimum absolute atomic E-state index is 0.141. The molecule has 10 heavy (non-hydrogen) atoms. The molecule has 0 heterocycles. The van der Waals surface area contributed by atoms with Crippen molar-refractivity contribution in [1.82, 2.24) is 5.32 Å². The highest BCUT2D eigenvalue weighted by Gasteiger charge is 2.00. The predicted molar refractivity (Wildman–Crippen MR) is 46.3 cm³/mol. The van der Waals surface area contributed by atoms with Crippen molar-refractivity contribution < 1.29 is 4.79 Å². The van der Waals surface area contributed by atoms with E-state index in [0.717, 1.165) is 5.75 Å². The van der Waals surface area contributed by atoms with E-state index < -0.39 is 0 Å². The largest absolute Gasteiger partial charge is 0.353 e. The molecular formula is C7H15NOS. The molecule has 3 heteroatoms. The lowest BCUT2D eigenvalue weighted by Gasteiger charge is -2.06. The Morgan fingerprint density at radius 3 is 2.60 bits per heavy atom. The average molecular weight is 161 g/mol. The van der Waals surface area contributed by atoms with Crippen LogP contribution in [-0.2, 0) is 4.79 Å². The van der Waals surface area contributed by atoms with E-state index in [1.165, 1.54) is 0 Å². The summed E-state index contributed by atoms with van der Waals surface area (Å²) in [6.45, 7) is 5.98. The van der Waals surface area contributed by atoms with Crippen molar-refractivity contribution in [2.45, 2.75) is 26.8 Å². The van der Waals surface area contributed by atoms with Crippen molar-refractivity contribution in [3.63, 3.8) is 0 Å². The molecule has 0 aromatic rings. The number of hydrogen-bond donors (Lipinski definition) is 1. The van der Waals surface area contributed by atoms with Crippen molar-refractivity contribution in [3.8, 4) is 0 Å². The minimum atomic E-state index is 0.141. The molecule has 0 aromatic carbocycles. The first-order chi connectivity index (χ1) is 4.66. The fourth-order valence-electron chi connectivity index (χ4n) is 0.558. The Bertz CT molecular complexity index is 104. The van der Waals surface area contributed by atoms with Gasteiger partial charge >= 0.3 is 0 Å². The molecule has 0 aromatic heterocycles. The lowest BCUT2D eigenvalue weighted by molar-refractivity contribution is -0.119. The molecule has 0 rings (SSSR count). The standard InChI is InChI=1S/C7H15NOS/c1-4-10-5-7(9)8-6(2)3/h6H,4-5H2,1-3H3,(H,8,9). The van der Waals surface area contributed by atoms with Gasteiger partial charge in [0.25, 0.3) is 0 Å². The molecule has 2 nitrogen and oxygen atoms in total. The van der Waals surface area contributed by atoms with Crippen molar-refractivity contribution >= 4 is 17.7 Å². The molecule has 0 spiro atoms. The van der Waals surface area contributed by atoms with E-state index in [2.05, 4.69) is 5.32 Å². The summed E-state index contributed by atoms with van der Waals surface area (Å²) in [7, 11) is 0. The molecule has 0 aliphatic heterocycles. The molecule has 0 saturated carbocycles. The Hall–Kier alpha value is -0.180. The first kappa shape index (κ1) is 9.82. The number of hydrogen-bond acceptors (Lipinski definition) is 2. The number of nitrogens with one attached hydrogen (secondary N) is 1. The zero-order chi connectivity index (χ0) is 7.98. The van der Waals surface area contributed by atoms with Gasteiger partial charge < -0.3 is 5.32 Å². The fraction of sp³-hybridized carbons (Fsp3) is 0.857. The molecule has 0 fully saturated rings. The molecule has 60 valence electrons. The van der Waals surface area contributed by atoms with Crippen LogP contribution in [-0.4, -0.2) is 23.5 Å². The van der Waals surface area contributed by atoms with E-state index in [9.17, 15) is 4.79 Å². The smallest absolute Gasteiger partial charge is 0.230 e. The van der Waals surface area contributed by atoms with Crippen molar-refractivity contribution in [2.24, 2.45) is 0 Å². The molecule has 0 unspecified atom stereocenters. The summed E-state index contributed by atoms with van der Waals surface area (Å²) in [5, 5.41) is 2.82. The number of carbonyl (C=O) groups excluding carboxylic acids is 1. The van der Waals surface area contributed by atoms with Gasteiger partial charge in [-0.25, -0.2) is 0 Å². The van der Waals surface area contributed by atoms with Gasteiger partial charge in [0, 0.05) is 6.04 Å². The predicted octanol–water partition coefficient (Wildman–Crippen LogP) is 1.26. The molecule has 1 amide bonds. The maximum absolute atomic E-state index is 10.9. The Balaban J connectivity index is 3.26. The minimum Gasteiger partial charge on any atom is -0.353 e. The van der Waals surface area contributed by atoms with Crippen LogP contribution in [0.15, 0.2) is 0 Å². The van der Waals surface area contributed by atoms with E-state index in [4.69, 9.17) is 0 Å². The summed E-state index contributed by atoms with van der Waals surface area (Å²) in [5.41, 5.74) is 0. The number of rotatable bonds is 4. The first-order valence-electron chi connectivity index (χ1n) is 3.54. The van der Waals surface area contributed by atoms with Gasteiger partial charge in [-0.2, -0.15) is 11.8 Å². The third-order valence-electron chi connectivity index (χ3n) is 0.887. The van der Waals surface area contributed by atoms with E-state index in [1.54, 1.807) is 11.8 Å². The summed E-state index contributed by atoms with van der Waals surface area (Å²) in [6, 6.07) is 0.268. The first-order valence-corrected chi connectivity index (χ1v) is 4.69. The lowest BCUT2D eigenvalue weighted by atomic mass is 10.4. The zero-order valence-electron chi connectivity index (χ0n) is 6.81. The van der Waals surface area contributed by atoms with Gasteiger partial charge in [0.05, 0.1) is 5.75 Å². The second kappa shape index (κ2) is 5.59. The van der Waals surface area contributed by atoms with E-state index in [0.29, 0.717) is 5.75 Å². The quantitative estimate of drug-likeness (QED) is 0.672. The highest BCUT2D eigenvalue weighted by Crippen LogP contribution is 1.96. The van der Waals surface area contributed by atoms with Gasteiger partial charge in [0.15, 0.2) is 0 Å². The van der Waals surface area contributed by atoms with Crippen molar-refractivity contribution in [1.29, 1.82) is 0 Å². The van der Waals surface area contributed by atoms with Crippen LogP contribution in [0.25, 0.3) is 0 Å². The topological polar surface area (TPSA) is 29.1 Å². The van der Waals surface area contributed by atoms with E-state index in [-0.39, 0.29) is 11.9 Å². The molecule has 0 saturated heterocycles. The van der Waals surface area contributed by atoms with Crippen LogP contribution in [0.2, 0.25) is 0 Å². The highest BCUT2D eigenvalue weighted by atomic mass is 32.2. The highest BCUT2D eigenvalue weighted by molar-refractivity contribution is 7.99. The van der Waals surface area contributed by atoms with Crippen LogP contribution in [0.4, 0.5) is 0 Å². The molecule has 0 aliphatic rings. The maximum Gasteiger partial charge on any atom is 0.230 e. The average Bonchev–Trinajstić information content (AvgIpc) is 1.82. The number of thioether (sulfide) groups is 1. The Labute approximate surface area is 66.8 Å². The van der Waals surface area contributed by atoms with Gasteiger partial charge in [0.1, 0.15) is 0 Å². The fourth-order valence-corrected chi connectivity index (χ4v) is 1.03. The summed E-state index contributed by atoms with van der Waals surface area (Å²) in [6.07, 6.45) is 0. The number of carbonyl (C=O) groups is 1. The molecule has 1 N–H and O–H groups in total. The van der Waals surface area contributed by atoms with Crippen LogP contribution >= 0.6 is 11.8 Å². The van der Waals surface area contributed by atoms with Gasteiger partial charge in [0.2, 0.25) is 5.91 Å². The van der Waals surface area contributed by atoms with Crippen molar-refractivity contribution in [3.05, 3.63) is 0 Å². The van der Waals surface area contributed by atoms with Crippen LogP contribution in [0.5, 0.6) is 0 Å². The second-order valence-electron chi connectivity index (χ2n) is 2.36. The molecular weight excluding hydrogens is 146 g/mol. The Morgan fingerprint density at radius 1 is 1.60 bits per heavy atom. The molecule has 0 aliphatic carbocycles. The normalized spacial score (nSPS) is 10.0. The van der Waals surface area contributed by atoms with Crippen LogP contribution < -0.4 is 5.32 Å². The summed E-state index contributed by atoms with van der Waals surface area (Å²) in [5.74, 6) is 1.74. The zero-order valence-corrected chi connectivity index (χ0v) is 7.62. The van der Waals surface area contributed by atoms with Gasteiger partial charge in [-0.15, -0.1) is 0 Å². The van der Waals surface area contributed by atoms with Crippen LogP contribution in [0, 0.1) is 0 Å². The van der Waals surface area contributed by atoms with Crippen LogP contribution in [0.3, 0.4) is 0 Å². The van der Waals surface area contributed by atoms with Crippen molar-refractivity contribution in [2.75, 3.05) is 11.5 Å². The van der Waals surface area contributed by atoms with Gasteiger partial charge in [-0.3, -0.25) is 4.79 Å². The SMILES string of the molecule is CCSCC(=O)NC(C)C. The van der Waals surface area contributed by atoms with Gasteiger partial charge in [-0.1, -0.05) is 6.92 Å². The number of amides is 1. The summed E-state index contributed by atoms with van der Waals surface area (Å²) >= 11 is 1.65. The summed E-state index contributed by atoms with van der Waals surface area (Å²) in [4.78, 5) is 10.9. The molecule has 0 atom stereocenters.